The molecular weight excluding hydrogens is 226 g/mol. The first-order valence-corrected chi connectivity index (χ1v) is 7.04. The molecule has 0 spiro atoms. The fourth-order valence-corrected chi connectivity index (χ4v) is 3.81. The third-order valence-corrected chi connectivity index (χ3v) is 4.92. The van der Waals surface area contributed by atoms with Gasteiger partial charge >= 0.3 is 0 Å². The fourth-order valence-electron chi connectivity index (χ4n) is 3.81. The molecule has 18 heavy (non-hydrogen) atoms. The smallest absolute Gasteiger partial charge is 0.0627 e. The molecule has 4 nitrogen and oxygen atoms in total. The topological polar surface area (TPSA) is 50.1 Å². The summed E-state index contributed by atoms with van der Waals surface area (Å²) in [6.45, 7) is 1.19. The second kappa shape index (κ2) is 4.67. The maximum absolute atomic E-state index is 9.53. The largest absolute Gasteiger partial charge is 0.394 e. The molecule has 2 saturated carbocycles. The Hall–Kier alpha value is -0.870. The molecule has 2 N–H and O–H groups in total. The van der Waals surface area contributed by atoms with E-state index in [9.17, 15) is 5.11 Å². The monoisotopic (exact) mass is 249 g/mol. The van der Waals surface area contributed by atoms with Gasteiger partial charge in [0.2, 0.25) is 0 Å². The summed E-state index contributed by atoms with van der Waals surface area (Å²) in [4.78, 5) is 0. The lowest BCUT2D eigenvalue weighted by Gasteiger charge is -2.29. The Morgan fingerprint density at radius 2 is 2.33 bits per heavy atom. The van der Waals surface area contributed by atoms with Crippen molar-refractivity contribution in [1.29, 1.82) is 0 Å². The van der Waals surface area contributed by atoms with E-state index in [1.807, 2.05) is 19.4 Å². The zero-order chi connectivity index (χ0) is 12.6. The van der Waals surface area contributed by atoms with Crippen LogP contribution in [-0.4, -0.2) is 28.0 Å². The van der Waals surface area contributed by atoms with Gasteiger partial charge in [0.1, 0.15) is 0 Å². The van der Waals surface area contributed by atoms with Crippen LogP contribution in [0.1, 0.15) is 43.7 Å². The summed E-state index contributed by atoms with van der Waals surface area (Å²) >= 11 is 0. The van der Waals surface area contributed by atoms with Crippen LogP contribution in [0.15, 0.2) is 12.4 Å². The van der Waals surface area contributed by atoms with Gasteiger partial charge in [-0.05, 0) is 43.4 Å². The highest BCUT2D eigenvalue weighted by Crippen LogP contribution is 2.53. The first-order chi connectivity index (χ1) is 8.71. The summed E-state index contributed by atoms with van der Waals surface area (Å²) in [5.74, 6) is 0.984. The molecule has 100 valence electrons. The third kappa shape index (κ3) is 2.19. The molecule has 1 aromatic heterocycles. The highest BCUT2D eigenvalue weighted by molar-refractivity contribution is 5.11. The van der Waals surface area contributed by atoms with E-state index in [4.69, 9.17) is 0 Å². The van der Waals surface area contributed by atoms with E-state index in [1.165, 1.54) is 32.1 Å². The lowest BCUT2D eigenvalue weighted by molar-refractivity contribution is 0.211. The summed E-state index contributed by atoms with van der Waals surface area (Å²) in [6.07, 6.45) is 10.8. The van der Waals surface area contributed by atoms with E-state index < -0.39 is 0 Å². The van der Waals surface area contributed by atoms with E-state index in [2.05, 4.69) is 10.4 Å². The number of aryl methyl sites for hydroxylation is 1. The van der Waals surface area contributed by atoms with Crippen molar-refractivity contribution in [3.05, 3.63) is 18.0 Å². The van der Waals surface area contributed by atoms with Gasteiger partial charge in [0.15, 0.2) is 0 Å². The van der Waals surface area contributed by atoms with Gasteiger partial charge in [-0.3, -0.25) is 4.68 Å². The third-order valence-electron chi connectivity index (χ3n) is 4.92. The Bertz CT molecular complexity index is 407. The Labute approximate surface area is 108 Å². The quantitative estimate of drug-likeness (QED) is 0.834. The minimum absolute atomic E-state index is 0.0349. The molecule has 0 aromatic carbocycles. The number of hydrogen-bond donors (Lipinski definition) is 2. The van der Waals surface area contributed by atoms with Crippen molar-refractivity contribution in [1.82, 2.24) is 15.1 Å². The standard InChI is InChI=1S/C14H23N3O/c1-17-8-12(7-16-17)13(9-18)15-10-14-4-2-11(6-14)3-5-14/h7-8,11,13,15,18H,2-6,9-10H2,1H3/t11?,13-,14?/m0/s1. The van der Waals surface area contributed by atoms with Gasteiger partial charge in [-0.15, -0.1) is 0 Å². The summed E-state index contributed by atoms with van der Waals surface area (Å²) < 4.78 is 1.79. The molecule has 1 atom stereocenters. The number of rotatable bonds is 5. The Morgan fingerprint density at radius 3 is 2.83 bits per heavy atom. The van der Waals surface area contributed by atoms with Crippen LogP contribution in [0, 0.1) is 11.3 Å². The number of nitrogens with one attached hydrogen (secondary N) is 1. The van der Waals surface area contributed by atoms with Gasteiger partial charge in [0.05, 0.1) is 18.8 Å². The van der Waals surface area contributed by atoms with Gasteiger partial charge in [-0.1, -0.05) is 0 Å². The van der Waals surface area contributed by atoms with Crippen LogP contribution in [-0.2, 0) is 7.05 Å². The van der Waals surface area contributed by atoms with Crippen LogP contribution < -0.4 is 5.32 Å². The van der Waals surface area contributed by atoms with Crippen LogP contribution in [0.5, 0.6) is 0 Å². The van der Waals surface area contributed by atoms with E-state index in [0.29, 0.717) is 5.41 Å². The van der Waals surface area contributed by atoms with Gasteiger partial charge in [-0.2, -0.15) is 5.10 Å². The summed E-state index contributed by atoms with van der Waals surface area (Å²) in [5.41, 5.74) is 1.62. The van der Waals surface area contributed by atoms with Crippen LogP contribution >= 0.6 is 0 Å². The number of fused-ring (bicyclic) bond motifs is 2. The van der Waals surface area contributed by atoms with Crippen LogP contribution in [0.3, 0.4) is 0 Å². The Morgan fingerprint density at radius 1 is 1.56 bits per heavy atom. The van der Waals surface area contributed by atoms with E-state index in [-0.39, 0.29) is 12.6 Å². The normalized spacial score (nSPS) is 32.0. The number of nitrogens with zero attached hydrogens (tertiary/aromatic N) is 2. The van der Waals surface area contributed by atoms with Gasteiger partial charge < -0.3 is 10.4 Å². The average molecular weight is 249 g/mol. The molecule has 2 aliphatic rings. The average Bonchev–Trinajstić information content (AvgIpc) is 3.06. The minimum Gasteiger partial charge on any atom is -0.394 e. The first-order valence-electron chi connectivity index (χ1n) is 7.04. The Kier molecular flexibility index (Phi) is 3.16. The summed E-state index contributed by atoms with van der Waals surface area (Å²) in [5, 5.41) is 17.3. The van der Waals surface area contributed by atoms with Crippen LogP contribution in [0.2, 0.25) is 0 Å². The summed E-state index contributed by atoms with van der Waals surface area (Å²) in [7, 11) is 1.91. The van der Waals surface area contributed by atoms with Crippen molar-refractivity contribution >= 4 is 0 Å². The lowest BCUT2D eigenvalue weighted by atomic mass is 9.84. The molecule has 1 aromatic rings. The maximum Gasteiger partial charge on any atom is 0.0627 e. The Balaban J connectivity index is 1.61. The van der Waals surface area contributed by atoms with Crippen molar-refractivity contribution in [2.45, 2.75) is 38.1 Å². The number of aromatic nitrogens is 2. The van der Waals surface area contributed by atoms with Crippen molar-refractivity contribution in [3.63, 3.8) is 0 Å². The number of aliphatic hydroxyl groups is 1. The molecule has 2 fully saturated rings. The van der Waals surface area contributed by atoms with Gasteiger partial charge in [0, 0.05) is 25.4 Å². The first kappa shape index (κ1) is 12.2. The molecule has 2 aliphatic carbocycles. The van der Waals surface area contributed by atoms with E-state index in [0.717, 1.165) is 18.0 Å². The maximum atomic E-state index is 9.53. The van der Waals surface area contributed by atoms with Crippen molar-refractivity contribution in [2.24, 2.45) is 18.4 Å². The highest BCUT2D eigenvalue weighted by Gasteiger charge is 2.44. The van der Waals surface area contributed by atoms with Crippen molar-refractivity contribution in [2.75, 3.05) is 13.2 Å². The van der Waals surface area contributed by atoms with Gasteiger partial charge in [-0.25, -0.2) is 0 Å². The van der Waals surface area contributed by atoms with Gasteiger partial charge in [0.25, 0.3) is 0 Å². The second-order valence-corrected chi connectivity index (χ2v) is 6.21. The molecule has 0 aliphatic heterocycles. The zero-order valence-corrected chi connectivity index (χ0v) is 11.1. The SMILES string of the molecule is Cn1cc([C@H](CO)NCC23CCC(CC2)C3)cn1. The van der Waals surface area contributed by atoms with E-state index >= 15 is 0 Å². The van der Waals surface area contributed by atoms with Crippen LogP contribution in [0.4, 0.5) is 0 Å². The molecule has 4 heteroatoms. The second-order valence-electron chi connectivity index (χ2n) is 6.21. The molecule has 0 radical (unpaired) electrons. The fraction of sp³-hybridized carbons (Fsp3) is 0.786. The predicted octanol–water partition coefficient (Wildman–Crippen LogP) is 1.62. The molecule has 0 unspecified atom stereocenters. The molecule has 0 amide bonds. The molecule has 1 heterocycles. The minimum atomic E-state index is 0.0349. The molecule has 3 rings (SSSR count). The van der Waals surface area contributed by atoms with Crippen LogP contribution in [0.25, 0.3) is 0 Å². The highest BCUT2D eigenvalue weighted by atomic mass is 16.3. The van der Waals surface area contributed by atoms with E-state index in [1.54, 1.807) is 4.68 Å². The molecule has 2 bridgehead atoms. The zero-order valence-electron chi connectivity index (χ0n) is 11.1. The molecule has 0 saturated heterocycles. The number of hydrogen-bond acceptors (Lipinski definition) is 3. The van der Waals surface area contributed by atoms with Crippen molar-refractivity contribution in [3.8, 4) is 0 Å². The summed E-state index contributed by atoms with van der Waals surface area (Å²) in [6, 6.07) is 0.0349. The number of aliphatic hydroxyl groups excluding tert-OH is 1. The molecular formula is C14H23N3O. The lowest BCUT2D eigenvalue weighted by Crippen LogP contribution is -2.34. The van der Waals surface area contributed by atoms with Crippen molar-refractivity contribution < 1.29 is 5.11 Å². The predicted molar refractivity (Wildman–Crippen MR) is 70.0 cm³/mol.